The third kappa shape index (κ3) is 4.52. The van der Waals surface area contributed by atoms with Crippen LogP contribution in [0.1, 0.15) is 32.1 Å². The van der Waals surface area contributed by atoms with Crippen molar-refractivity contribution >= 4 is 54.4 Å². The van der Waals surface area contributed by atoms with E-state index in [1.807, 2.05) is 12.1 Å². The Kier molecular flexibility index (Phi) is 6.16. The number of benzene rings is 1. The lowest BCUT2D eigenvalue weighted by Crippen LogP contribution is -2.22. The second-order valence-electron chi connectivity index (χ2n) is 8.22. The summed E-state index contributed by atoms with van der Waals surface area (Å²) in [6, 6.07) is 14.3. The van der Waals surface area contributed by atoms with E-state index in [0.717, 1.165) is 22.9 Å². The fourth-order valence-corrected chi connectivity index (χ4v) is 6.24. The van der Waals surface area contributed by atoms with Crippen molar-refractivity contribution in [2.75, 3.05) is 5.32 Å². The SMILES string of the molecule is O=S(=O)(c1ccccc1)n1cc(-c2cc(Cl)nc(NC3CCCCC3)c2)c2cc(Br)cnc21. The van der Waals surface area contributed by atoms with Crippen LogP contribution in [0, 0.1) is 0 Å². The van der Waals surface area contributed by atoms with Crippen LogP contribution in [0.5, 0.6) is 0 Å². The van der Waals surface area contributed by atoms with Crippen molar-refractivity contribution in [3.05, 3.63) is 70.6 Å². The van der Waals surface area contributed by atoms with E-state index < -0.39 is 10.0 Å². The van der Waals surface area contributed by atoms with Gasteiger partial charge in [-0.25, -0.2) is 22.4 Å². The number of hydrogen-bond donors (Lipinski definition) is 1. The molecule has 4 aromatic rings. The minimum absolute atomic E-state index is 0.200. The highest BCUT2D eigenvalue weighted by atomic mass is 79.9. The summed E-state index contributed by atoms with van der Waals surface area (Å²) in [5.74, 6) is 0.694. The number of aromatic nitrogens is 3. The standard InChI is InChI=1S/C24H22BrClN4O2S/c25-17-13-20-21(16-11-22(26)29-23(12-16)28-18-7-3-1-4-8-18)15-30(24(20)27-14-17)33(31,32)19-9-5-2-6-10-19/h2,5-6,9-15,18H,1,3-4,7-8H2,(H,28,29). The molecule has 33 heavy (non-hydrogen) atoms. The monoisotopic (exact) mass is 544 g/mol. The van der Waals surface area contributed by atoms with Gasteiger partial charge in [0.1, 0.15) is 11.0 Å². The molecule has 0 atom stereocenters. The molecule has 3 heterocycles. The fourth-order valence-electron chi connectivity index (χ4n) is 4.36. The first-order valence-corrected chi connectivity index (χ1v) is 13.4. The quantitative estimate of drug-likeness (QED) is 0.290. The Hall–Kier alpha value is -2.42. The molecule has 5 rings (SSSR count). The number of pyridine rings is 2. The maximum Gasteiger partial charge on any atom is 0.269 e. The lowest BCUT2D eigenvalue weighted by atomic mass is 9.95. The summed E-state index contributed by atoms with van der Waals surface area (Å²) in [5, 5.41) is 4.56. The molecule has 1 aliphatic rings. The molecule has 170 valence electrons. The average molecular weight is 546 g/mol. The summed E-state index contributed by atoms with van der Waals surface area (Å²) in [4.78, 5) is 9.09. The van der Waals surface area contributed by atoms with Gasteiger partial charge in [0.15, 0.2) is 5.65 Å². The van der Waals surface area contributed by atoms with E-state index in [1.165, 1.54) is 23.2 Å². The molecular formula is C24H22BrClN4O2S. The Morgan fingerprint density at radius 1 is 1.06 bits per heavy atom. The molecule has 6 nitrogen and oxygen atoms in total. The number of fused-ring (bicyclic) bond motifs is 1. The molecule has 0 radical (unpaired) electrons. The maximum absolute atomic E-state index is 13.4. The maximum atomic E-state index is 13.4. The zero-order valence-corrected chi connectivity index (χ0v) is 20.9. The van der Waals surface area contributed by atoms with E-state index in [9.17, 15) is 8.42 Å². The number of nitrogens with one attached hydrogen (secondary N) is 1. The number of nitrogens with zero attached hydrogens (tertiary/aromatic N) is 3. The van der Waals surface area contributed by atoms with Gasteiger partial charge in [0.25, 0.3) is 10.0 Å². The highest BCUT2D eigenvalue weighted by molar-refractivity contribution is 9.10. The first-order valence-electron chi connectivity index (χ1n) is 10.8. The van der Waals surface area contributed by atoms with E-state index in [2.05, 4.69) is 31.2 Å². The molecule has 1 N–H and O–H groups in total. The second-order valence-corrected chi connectivity index (χ2v) is 11.3. The highest BCUT2D eigenvalue weighted by Gasteiger charge is 2.23. The Bertz CT molecular complexity index is 1420. The zero-order valence-electron chi connectivity index (χ0n) is 17.7. The van der Waals surface area contributed by atoms with Gasteiger partial charge in [0.2, 0.25) is 0 Å². The van der Waals surface area contributed by atoms with Crippen molar-refractivity contribution in [1.29, 1.82) is 0 Å². The number of rotatable bonds is 5. The average Bonchev–Trinajstić information content (AvgIpc) is 3.19. The first kappa shape index (κ1) is 22.4. The molecule has 0 amide bonds. The lowest BCUT2D eigenvalue weighted by Gasteiger charge is -2.23. The fraction of sp³-hybridized carbons (Fsp3) is 0.250. The smallest absolute Gasteiger partial charge is 0.269 e. The van der Waals surface area contributed by atoms with Crippen LogP contribution in [0.3, 0.4) is 0 Å². The molecule has 3 aromatic heterocycles. The van der Waals surface area contributed by atoms with Crippen LogP contribution in [0.15, 0.2) is 70.3 Å². The predicted octanol–water partition coefficient (Wildman–Crippen LogP) is 6.50. The summed E-state index contributed by atoms with van der Waals surface area (Å²) in [7, 11) is -3.83. The van der Waals surface area contributed by atoms with E-state index >= 15 is 0 Å². The summed E-state index contributed by atoms with van der Waals surface area (Å²) in [6.45, 7) is 0. The molecule has 1 fully saturated rings. The van der Waals surface area contributed by atoms with Gasteiger partial charge >= 0.3 is 0 Å². The third-order valence-corrected chi connectivity index (χ3v) is 8.23. The number of hydrogen-bond acceptors (Lipinski definition) is 5. The van der Waals surface area contributed by atoms with Gasteiger partial charge in [-0.15, -0.1) is 0 Å². The van der Waals surface area contributed by atoms with Gasteiger partial charge in [-0.3, -0.25) is 0 Å². The Labute approximate surface area is 206 Å². The molecular weight excluding hydrogens is 524 g/mol. The van der Waals surface area contributed by atoms with Gasteiger partial charge in [-0.1, -0.05) is 49.1 Å². The molecule has 0 spiro atoms. The van der Waals surface area contributed by atoms with Crippen LogP contribution >= 0.6 is 27.5 Å². The molecule has 1 aromatic carbocycles. The number of halogens is 2. The normalized spacial score (nSPS) is 15.1. The highest BCUT2D eigenvalue weighted by Crippen LogP contribution is 2.35. The van der Waals surface area contributed by atoms with Crippen molar-refractivity contribution in [3.63, 3.8) is 0 Å². The number of anilines is 1. The topological polar surface area (TPSA) is 76.9 Å². The molecule has 0 unspecified atom stereocenters. The molecule has 9 heteroatoms. The van der Waals surface area contributed by atoms with Crippen LogP contribution in [-0.4, -0.2) is 28.4 Å². The first-order chi connectivity index (χ1) is 15.9. The van der Waals surface area contributed by atoms with Gasteiger partial charge in [0.05, 0.1) is 4.90 Å². The van der Waals surface area contributed by atoms with E-state index in [4.69, 9.17) is 11.6 Å². The Morgan fingerprint density at radius 3 is 2.58 bits per heavy atom. The molecule has 1 saturated carbocycles. The van der Waals surface area contributed by atoms with Crippen LogP contribution in [0.4, 0.5) is 5.82 Å². The largest absolute Gasteiger partial charge is 0.367 e. The van der Waals surface area contributed by atoms with E-state index in [-0.39, 0.29) is 4.90 Å². The van der Waals surface area contributed by atoms with Gasteiger partial charge < -0.3 is 5.32 Å². The summed E-state index contributed by atoms with van der Waals surface area (Å²) < 4.78 is 28.9. The third-order valence-electron chi connectivity index (χ3n) is 5.94. The van der Waals surface area contributed by atoms with Crippen LogP contribution in [0.2, 0.25) is 5.15 Å². The summed E-state index contributed by atoms with van der Waals surface area (Å²) in [6.07, 6.45) is 9.10. The van der Waals surface area contributed by atoms with E-state index in [0.29, 0.717) is 33.6 Å². The van der Waals surface area contributed by atoms with Crippen LogP contribution in [-0.2, 0) is 10.0 Å². The van der Waals surface area contributed by atoms with Gasteiger partial charge in [-0.05, 0) is 64.7 Å². The minimum Gasteiger partial charge on any atom is -0.367 e. The van der Waals surface area contributed by atoms with Gasteiger partial charge in [0, 0.05) is 33.9 Å². The minimum atomic E-state index is -3.83. The Morgan fingerprint density at radius 2 is 1.82 bits per heavy atom. The van der Waals surface area contributed by atoms with Crippen molar-refractivity contribution in [1.82, 2.24) is 13.9 Å². The van der Waals surface area contributed by atoms with Crippen LogP contribution in [0.25, 0.3) is 22.2 Å². The second kappa shape index (κ2) is 9.08. The van der Waals surface area contributed by atoms with Gasteiger partial charge in [-0.2, -0.15) is 0 Å². The molecule has 0 aliphatic heterocycles. The van der Waals surface area contributed by atoms with Crippen molar-refractivity contribution in [2.24, 2.45) is 0 Å². The summed E-state index contributed by atoms with van der Waals surface area (Å²) >= 11 is 9.86. The van der Waals surface area contributed by atoms with Crippen molar-refractivity contribution in [3.8, 4) is 11.1 Å². The predicted molar refractivity (Wildman–Crippen MR) is 135 cm³/mol. The van der Waals surface area contributed by atoms with Crippen molar-refractivity contribution in [2.45, 2.75) is 43.0 Å². The van der Waals surface area contributed by atoms with E-state index in [1.54, 1.807) is 48.8 Å². The lowest BCUT2D eigenvalue weighted by molar-refractivity contribution is 0.462. The summed E-state index contributed by atoms with van der Waals surface area (Å²) in [5.41, 5.74) is 1.85. The van der Waals surface area contributed by atoms with Crippen LogP contribution < -0.4 is 5.32 Å². The van der Waals surface area contributed by atoms with Crippen molar-refractivity contribution < 1.29 is 8.42 Å². The molecule has 1 aliphatic carbocycles. The molecule has 0 saturated heterocycles. The Balaban J connectivity index is 1.64. The molecule has 0 bridgehead atoms. The zero-order chi connectivity index (χ0) is 23.0.